The lowest BCUT2D eigenvalue weighted by molar-refractivity contribution is -0.139. The number of para-hydroxylation sites is 2. The summed E-state index contributed by atoms with van der Waals surface area (Å²) in [7, 11) is 0. The number of nitrogens with one attached hydrogen (secondary N) is 2. The lowest BCUT2D eigenvalue weighted by atomic mass is 9.77. The molecule has 29 heavy (non-hydrogen) atoms. The van der Waals surface area contributed by atoms with Gasteiger partial charge in [0.25, 0.3) is 0 Å². The van der Waals surface area contributed by atoms with Crippen molar-refractivity contribution in [2.75, 3.05) is 18.5 Å². The zero-order valence-corrected chi connectivity index (χ0v) is 15.5. The van der Waals surface area contributed by atoms with Gasteiger partial charge in [0.1, 0.15) is 17.1 Å². The van der Waals surface area contributed by atoms with E-state index < -0.39 is 5.41 Å². The van der Waals surface area contributed by atoms with Crippen LogP contribution in [0.5, 0.6) is 0 Å². The first kappa shape index (κ1) is 17.6. The molecule has 2 N–H and O–H groups in total. The van der Waals surface area contributed by atoms with Crippen molar-refractivity contribution in [3.63, 3.8) is 0 Å². The van der Waals surface area contributed by atoms with Gasteiger partial charge in [0.15, 0.2) is 0 Å². The molecular formula is C23H18FN3O2. The molecule has 0 saturated carbocycles. The van der Waals surface area contributed by atoms with Crippen molar-refractivity contribution in [3.05, 3.63) is 84.2 Å². The highest BCUT2D eigenvalue weighted by atomic mass is 19.1. The summed E-state index contributed by atoms with van der Waals surface area (Å²) in [6.07, 6.45) is 0. The van der Waals surface area contributed by atoms with Gasteiger partial charge < -0.3 is 15.0 Å². The zero-order valence-electron chi connectivity index (χ0n) is 15.5. The lowest BCUT2D eigenvalue weighted by Crippen LogP contribution is -2.55. The van der Waals surface area contributed by atoms with Gasteiger partial charge in [0, 0.05) is 11.3 Å². The summed E-state index contributed by atoms with van der Waals surface area (Å²) in [4.78, 5) is 20.9. The molecule has 2 heterocycles. The number of carbonyl (C=O) groups excluding carboxylic acids is 1. The minimum Gasteiger partial charge on any atom is -0.378 e. The number of ether oxygens (including phenoxy) is 1. The van der Waals surface area contributed by atoms with Crippen LogP contribution < -0.4 is 5.32 Å². The molecule has 0 unspecified atom stereocenters. The van der Waals surface area contributed by atoms with E-state index in [1.54, 1.807) is 12.1 Å². The molecule has 3 aromatic carbocycles. The van der Waals surface area contributed by atoms with E-state index in [0.29, 0.717) is 18.9 Å². The van der Waals surface area contributed by atoms with Crippen LogP contribution in [0, 0.1) is 5.82 Å². The van der Waals surface area contributed by atoms with E-state index in [2.05, 4.69) is 15.3 Å². The van der Waals surface area contributed by atoms with Crippen LogP contribution in [0.15, 0.2) is 72.8 Å². The summed E-state index contributed by atoms with van der Waals surface area (Å²) in [5, 5.41) is 2.87. The van der Waals surface area contributed by atoms with Crippen LogP contribution in [0.3, 0.4) is 0 Å². The molecule has 5 nitrogen and oxygen atoms in total. The van der Waals surface area contributed by atoms with E-state index in [-0.39, 0.29) is 11.7 Å². The first-order valence-corrected chi connectivity index (χ1v) is 9.34. The number of benzene rings is 3. The number of imidazole rings is 1. The Bertz CT molecular complexity index is 1150. The number of H-pyrrole nitrogens is 1. The average molecular weight is 387 g/mol. The molecule has 0 radical (unpaired) electrons. The summed E-state index contributed by atoms with van der Waals surface area (Å²) in [6, 6.07) is 21.4. The highest BCUT2D eigenvalue weighted by Gasteiger charge is 2.47. The molecule has 5 rings (SSSR count). The number of anilines is 1. The fourth-order valence-corrected chi connectivity index (χ4v) is 3.56. The Hall–Kier alpha value is -3.51. The third-order valence-electron chi connectivity index (χ3n) is 5.33. The maximum atomic E-state index is 13.1. The standard InChI is InChI=1S/C23H18FN3O2/c24-17-9-11-18(12-10-17)25-22(28)23(13-29-14-23)16-7-5-15(6-8-16)21-26-19-3-1-2-4-20(19)27-21/h1-12H,13-14H2,(H,25,28)(H,26,27). The number of carbonyl (C=O) groups is 1. The minimum atomic E-state index is -0.749. The fraction of sp³-hybridized carbons (Fsp3) is 0.130. The Labute approximate surface area is 166 Å². The second kappa shape index (κ2) is 6.83. The summed E-state index contributed by atoms with van der Waals surface area (Å²) in [5.74, 6) is 0.283. The van der Waals surface area contributed by atoms with Crippen LogP contribution in [0.2, 0.25) is 0 Å². The Morgan fingerprint density at radius 3 is 2.38 bits per heavy atom. The molecule has 0 bridgehead atoms. The molecule has 1 aliphatic rings. The van der Waals surface area contributed by atoms with Crippen molar-refractivity contribution in [1.29, 1.82) is 0 Å². The third kappa shape index (κ3) is 3.07. The van der Waals surface area contributed by atoms with Crippen molar-refractivity contribution in [1.82, 2.24) is 9.97 Å². The van der Waals surface area contributed by atoms with Gasteiger partial charge in [-0.25, -0.2) is 9.37 Å². The van der Waals surface area contributed by atoms with Crippen LogP contribution in [-0.2, 0) is 14.9 Å². The topological polar surface area (TPSA) is 67.0 Å². The summed E-state index contributed by atoms with van der Waals surface area (Å²) in [6.45, 7) is 0.619. The number of hydrogen-bond acceptors (Lipinski definition) is 3. The molecule has 1 saturated heterocycles. The molecule has 4 aromatic rings. The highest BCUT2D eigenvalue weighted by Crippen LogP contribution is 2.35. The highest BCUT2D eigenvalue weighted by molar-refractivity contribution is 6.00. The number of nitrogens with zero attached hydrogens (tertiary/aromatic N) is 1. The fourth-order valence-electron chi connectivity index (χ4n) is 3.56. The molecule has 0 atom stereocenters. The van der Waals surface area contributed by atoms with Crippen molar-refractivity contribution in [2.24, 2.45) is 0 Å². The number of fused-ring (bicyclic) bond motifs is 1. The molecule has 0 aliphatic carbocycles. The van der Waals surface area contributed by atoms with Crippen molar-refractivity contribution in [3.8, 4) is 11.4 Å². The average Bonchev–Trinajstić information content (AvgIpc) is 3.14. The molecule has 6 heteroatoms. The van der Waals surface area contributed by atoms with Crippen LogP contribution in [0.4, 0.5) is 10.1 Å². The summed E-state index contributed by atoms with van der Waals surface area (Å²) in [5.41, 5.74) is 3.52. The predicted molar refractivity (Wildman–Crippen MR) is 109 cm³/mol. The maximum absolute atomic E-state index is 13.1. The van der Waals surface area contributed by atoms with E-state index in [1.165, 1.54) is 12.1 Å². The number of aromatic nitrogens is 2. The SMILES string of the molecule is O=C(Nc1ccc(F)cc1)C1(c2ccc(-c3nc4ccccc4[nH]3)cc2)COC1. The second-order valence-corrected chi connectivity index (χ2v) is 7.22. The Morgan fingerprint density at radius 2 is 1.72 bits per heavy atom. The smallest absolute Gasteiger partial charge is 0.239 e. The van der Waals surface area contributed by atoms with Crippen LogP contribution in [0.25, 0.3) is 22.4 Å². The Morgan fingerprint density at radius 1 is 1.00 bits per heavy atom. The van der Waals surface area contributed by atoms with E-state index in [1.807, 2.05) is 48.5 Å². The minimum absolute atomic E-state index is 0.160. The van der Waals surface area contributed by atoms with Gasteiger partial charge in [0.05, 0.1) is 24.2 Å². The molecule has 1 fully saturated rings. The molecule has 1 aromatic heterocycles. The number of amides is 1. The number of rotatable bonds is 4. The van der Waals surface area contributed by atoms with Gasteiger partial charge in [-0.1, -0.05) is 36.4 Å². The zero-order chi connectivity index (χ0) is 19.8. The van der Waals surface area contributed by atoms with Gasteiger partial charge in [0.2, 0.25) is 5.91 Å². The van der Waals surface area contributed by atoms with Crippen LogP contribution >= 0.6 is 0 Å². The number of halogens is 1. The van der Waals surface area contributed by atoms with Crippen molar-refractivity contribution >= 4 is 22.6 Å². The lowest BCUT2D eigenvalue weighted by Gasteiger charge is -2.40. The van der Waals surface area contributed by atoms with Gasteiger partial charge in [-0.2, -0.15) is 0 Å². The van der Waals surface area contributed by atoms with Crippen molar-refractivity contribution < 1.29 is 13.9 Å². The number of aromatic amines is 1. The molecule has 1 amide bonds. The van der Waals surface area contributed by atoms with E-state index in [4.69, 9.17) is 4.74 Å². The van der Waals surface area contributed by atoms with Crippen LogP contribution in [-0.4, -0.2) is 29.1 Å². The van der Waals surface area contributed by atoms with Gasteiger partial charge in [-0.3, -0.25) is 4.79 Å². The molecule has 1 aliphatic heterocycles. The summed E-state index contributed by atoms with van der Waals surface area (Å²) < 4.78 is 18.5. The number of hydrogen-bond donors (Lipinski definition) is 2. The third-order valence-corrected chi connectivity index (χ3v) is 5.33. The normalized spacial score (nSPS) is 15.1. The van der Waals surface area contributed by atoms with Gasteiger partial charge in [-0.05, 0) is 42.0 Å². The van der Waals surface area contributed by atoms with Crippen molar-refractivity contribution in [2.45, 2.75) is 5.41 Å². The predicted octanol–water partition coefficient (Wildman–Crippen LogP) is 4.28. The molecular weight excluding hydrogens is 369 g/mol. The maximum Gasteiger partial charge on any atom is 0.239 e. The van der Waals surface area contributed by atoms with Gasteiger partial charge >= 0.3 is 0 Å². The Kier molecular flexibility index (Phi) is 4.14. The first-order chi connectivity index (χ1) is 14.1. The van der Waals surface area contributed by atoms with Crippen LogP contribution in [0.1, 0.15) is 5.56 Å². The van der Waals surface area contributed by atoms with E-state index in [9.17, 15) is 9.18 Å². The largest absolute Gasteiger partial charge is 0.378 e. The monoisotopic (exact) mass is 387 g/mol. The van der Waals surface area contributed by atoms with E-state index >= 15 is 0 Å². The Balaban J connectivity index is 1.41. The molecule has 0 spiro atoms. The quantitative estimate of drug-likeness (QED) is 0.549. The second-order valence-electron chi connectivity index (χ2n) is 7.22. The first-order valence-electron chi connectivity index (χ1n) is 9.34. The molecule has 144 valence electrons. The summed E-state index contributed by atoms with van der Waals surface area (Å²) >= 11 is 0. The van der Waals surface area contributed by atoms with Gasteiger partial charge in [-0.15, -0.1) is 0 Å². The van der Waals surface area contributed by atoms with E-state index in [0.717, 1.165) is 28.0 Å².